The first-order valence-corrected chi connectivity index (χ1v) is 11.6. The van der Waals surface area contributed by atoms with Gasteiger partial charge in [0.05, 0.1) is 11.1 Å². The van der Waals surface area contributed by atoms with E-state index in [1.165, 1.54) is 18.2 Å². The Labute approximate surface area is 207 Å². The summed E-state index contributed by atoms with van der Waals surface area (Å²) in [6, 6.07) is 15.7. The molecule has 0 aliphatic rings. The second-order valence-corrected chi connectivity index (χ2v) is 8.62. The molecule has 3 aromatic carbocycles. The molecular formula is C27H25ClF3N3O. The zero-order chi connectivity index (χ0) is 25.2. The van der Waals surface area contributed by atoms with Crippen LogP contribution in [0.4, 0.5) is 24.5 Å². The third-order valence-electron chi connectivity index (χ3n) is 5.97. The molecule has 0 unspecified atom stereocenters. The van der Waals surface area contributed by atoms with Crippen molar-refractivity contribution in [3.8, 4) is 16.9 Å². The number of phenolic OH excluding ortho intramolecular Hbond substituents is 1. The van der Waals surface area contributed by atoms with Crippen molar-refractivity contribution < 1.29 is 18.3 Å². The van der Waals surface area contributed by atoms with E-state index in [9.17, 15) is 18.3 Å². The van der Waals surface area contributed by atoms with Gasteiger partial charge < -0.3 is 10.4 Å². The van der Waals surface area contributed by atoms with Gasteiger partial charge in [-0.3, -0.25) is 9.88 Å². The number of hydrogen-bond acceptors (Lipinski definition) is 4. The molecule has 182 valence electrons. The van der Waals surface area contributed by atoms with Crippen LogP contribution in [0.5, 0.6) is 5.75 Å². The lowest BCUT2D eigenvalue weighted by Gasteiger charge is -2.23. The van der Waals surface area contributed by atoms with Crippen molar-refractivity contribution in [2.45, 2.75) is 26.6 Å². The number of aromatic nitrogens is 1. The van der Waals surface area contributed by atoms with Crippen molar-refractivity contribution in [3.63, 3.8) is 0 Å². The summed E-state index contributed by atoms with van der Waals surface area (Å²) in [5.74, 6) is -0.227. The lowest BCUT2D eigenvalue weighted by atomic mass is 9.93. The predicted molar refractivity (Wildman–Crippen MR) is 135 cm³/mol. The maximum Gasteiger partial charge on any atom is 0.417 e. The average Bonchev–Trinajstić information content (AvgIpc) is 2.82. The molecule has 0 saturated heterocycles. The van der Waals surface area contributed by atoms with E-state index in [0.29, 0.717) is 41.4 Å². The molecule has 0 saturated carbocycles. The van der Waals surface area contributed by atoms with Gasteiger partial charge in [0.25, 0.3) is 0 Å². The van der Waals surface area contributed by atoms with Crippen LogP contribution in [0.2, 0.25) is 5.02 Å². The van der Waals surface area contributed by atoms with Gasteiger partial charge in [-0.25, -0.2) is 0 Å². The summed E-state index contributed by atoms with van der Waals surface area (Å²) in [6.45, 7) is 5.78. The molecular weight excluding hydrogens is 475 g/mol. The van der Waals surface area contributed by atoms with Crippen LogP contribution in [0.3, 0.4) is 0 Å². The van der Waals surface area contributed by atoms with Crippen LogP contribution in [0.15, 0.2) is 66.9 Å². The number of fused-ring (bicyclic) bond motifs is 1. The van der Waals surface area contributed by atoms with E-state index in [2.05, 4.69) is 15.2 Å². The first-order chi connectivity index (χ1) is 16.7. The second kappa shape index (κ2) is 10.1. The molecule has 0 amide bonds. The van der Waals surface area contributed by atoms with Gasteiger partial charge in [0.15, 0.2) is 0 Å². The summed E-state index contributed by atoms with van der Waals surface area (Å²) >= 11 is 6.09. The van der Waals surface area contributed by atoms with Gasteiger partial charge in [-0.15, -0.1) is 0 Å². The number of halogens is 4. The highest BCUT2D eigenvalue weighted by molar-refractivity contribution is 6.31. The third kappa shape index (κ3) is 5.36. The number of nitrogens with zero attached hydrogens (tertiary/aromatic N) is 2. The van der Waals surface area contributed by atoms with Crippen LogP contribution < -0.4 is 5.32 Å². The quantitative estimate of drug-likeness (QED) is 0.271. The number of rotatable bonds is 7. The fraction of sp³-hybridized carbons (Fsp3) is 0.222. The largest absolute Gasteiger partial charge is 0.507 e. The van der Waals surface area contributed by atoms with Crippen LogP contribution in [-0.2, 0) is 12.7 Å². The predicted octanol–water partition coefficient (Wildman–Crippen LogP) is 7.87. The molecule has 1 aromatic heterocycles. The van der Waals surface area contributed by atoms with Gasteiger partial charge in [0.2, 0.25) is 0 Å². The number of benzene rings is 3. The van der Waals surface area contributed by atoms with Gasteiger partial charge in [-0.05, 0) is 60.6 Å². The van der Waals surface area contributed by atoms with Gasteiger partial charge in [0, 0.05) is 46.2 Å². The smallest absolute Gasteiger partial charge is 0.417 e. The van der Waals surface area contributed by atoms with E-state index >= 15 is 0 Å². The van der Waals surface area contributed by atoms with Crippen molar-refractivity contribution >= 4 is 33.9 Å². The monoisotopic (exact) mass is 499 g/mol. The number of hydrogen-bond donors (Lipinski definition) is 2. The summed E-state index contributed by atoms with van der Waals surface area (Å²) < 4.78 is 41.4. The number of phenols is 1. The molecule has 8 heteroatoms. The normalized spacial score (nSPS) is 11.9. The van der Waals surface area contributed by atoms with Crippen LogP contribution in [0, 0.1) is 0 Å². The standard InChI is InChI=1S/C27H25ClF3N3O/c1-3-34(4-2)16-17-13-19(33-23-11-12-32-24-14-18(28)9-10-21(23)24)15-25(35)26(17)20-7-5-6-8-22(20)27(29,30)31/h5-15,35H,3-4,16H2,1-2H3,(H,32,33). The lowest BCUT2D eigenvalue weighted by Crippen LogP contribution is -2.22. The highest BCUT2D eigenvalue weighted by Gasteiger charge is 2.34. The SMILES string of the molecule is CCN(CC)Cc1cc(Nc2ccnc3cc(Cl)ccc23)cc(O)c1-c1ccccc1C(F)(F)F. The summed E-state index contributed by atoms with van der Waals surface area (Å²) in [5.41, 5.74) is 1.94. The fourth-order valence-electron chi connectivity index (χ4n) is 4.22. The minimum atomic E-state index is -4.55. The number of anilines is 2. The summed E-state index contributed by atoms with van der Waals surface area (Å²) in [7, 11) is 0. The number of pyridine rings is 1. The highest BCUT2D eigenvalue weighted by Crippen LogP contribution is 2.43. The second-order valence-electron chi connectivity index (χ2n) is 8.18. The maximum atomic E-state index is 13.8. The van der Waals surface area contributed by atoms with Crippen LogP contribution in [0.25, 0.3) is 22.0 Å². The van der Waals surface area contributed by atoms with E-state index < -0.39 is 11.7 Å². The van der Waals surface area contributed by atoms with E-state index in [1.807, 2.05) is 19.9 Å². The van der Waals surface area contributed by atoms with E-state index in [1.54, 1.807) is 36.5 Å². The zero-order valence-electron chi connectivity index (χ0n) is 19.3. The van der Waals surface area contributed by atoms with E-state index in [-0.39, 0.29) is 16.9 Å². The third-order valence-corrected chi connectivity index (χ3v) is 6.21. The Morgan fingerprint density at radius 2 is 1.74 bits per heavy atom. The van der Waals surface area contributed by atoms with Crippen molar-refractivity contribution in [1.82, 2.24) is 9.88 Å². The molecule has 0 aliphatic heterocycles. The highest BCUT2D eigenvalue weighted by atomic mass is 35.5. The molecule has 0 spiro atoms. The lowest BCUT2D eigenvalue weighted by molar-refractivity contribution is -0.137. The van der Waals surface area contributed by atoms with Crippen LogP contribution in [0.1, 0.15) is 25.0 Å². The van der Waals surface area contributed by atoms with Crippen LogP contribution >= 0.6 is 11.6 Å². The first-order valence-electron chi connectivity index (χ1n) is 11.3. The molecule has 1 heterocycles. The van der Waals surface area contributed by atoms with Crippen LogP contribution in [-0.4, -0.2) is 28.1 Å². The Balaban J connectivity index is 1.85. The van der Waals surface area contributed by atoms with Crippen molar-refractivity contribution in [1.29, 1.82) is 0 Å². The van der Waals surface area contributed by atoms with E-state index in [0.717, 1.165) is 17.1 Å². The average molecular weight is 500 g/mol. The minimum Gasteiger partial charge on any atom is -0.507 e. The first kappa shape index (κ1) is 24.8. The Hall–Kier alpha value is -3.29. The molecule has 0 atom stereocenters. The van der Waals surface area contributed by atoms with Crippen molar-refractivity contribution in [2.75, 3.05) is 18.4 Å². The van der Waals surface area contributed by atoms with Gasteiger partial charge in [0.1, 0.15) is 5.75 Å². The summed E-state index contributed by atoms with van der Waals surface area (Å²) in [5, 5.41) is 15.7. The Bertz CT molecular complexity index is 1350. The zero-order valence-corrected chi connectivity index (χ0v) is 20.1. The van der Waals surface area contributed by atoms with Gasteiger partial charge >= 0.3 is 6.18 Å². The van der Waals surface area contributed by atoms with Crippen molar-refractivity contribution in [2.24, 2.45) is 0 Å². The van der Waals surface area contributed by atoms with Crippen molar-refractivity contribution in [3.05, 3.63) is 83.0 Å². The Morgan fingerprint density at radius 1 is 1.00 bits per heavy atom. The fourth-order valence-corrected chi connectivity index (χ4v) is 4.38. The molecule has 0 aliphatic carbocycles. The molecule has 0 fully saturated rings. The topological polar surface area (TPSA) is 48.4 Å². The Kier molecular flexibility index (Phi) is 7.19. The molecule has 2 N–H and O–H groups in total. The number of nitrogens with one attached hydrogen (secondary N) is 1. The summed E-state index contributed by atoms with van der Waals surface area (Å²) in [6.07, 6.45) is -2.91. The van der Waals surface area contributed by atoms with Gasteiger partial charge in [-0.1, -0.05) is 43.6 Å². The number of alkyl halides is 3. The van der Waals surface area contributed by atoms with E-state index in [4.69, 9.17) is 11.6 Å². The maximum absolute atomic E-state index is 13.8. The summed E-state index contributed by atoms with van der Waals surface area (Å²) in [4.78, 5) is 6.43. The Morgan fingerprint density at radius 3 is 2.46 bits per heavy atom. The molecule has 4 aromatic rings. The minimum absolute atomic E-state index is 0.0461. The van der Waals surface area contributed by atoms with Gasteiger partial charge in [-0.2, -0.15) is 13.2 Å². The molecule has 4 nitrogen and oxygen atoms in total. The molecule has 0 radical (unpaired) electrons. The number of aromatic hydroxyl groups is 1. The molecule has 35 heavy (non-hydrogen) atoms. The molecule has 4 rings (SSSR count). The molecule has 0 bridgehead atoms.